The maximum Gasteiger partial charge on any atom is 0.337 e. The fraction of sp³-hybridized carbons (Fsp3) is 0.0909. The Bertz CT molecular complexity index is 1480. The quantitative estimate of drug-likeness (QED) is 0.345. The van der Waals surface area contributed by atoms with Gasteiger partial charge in [-0.2, -0.15) is 0 Å². The molecule has 0 spiro atoms. The lowest BCUT2D eigenvalue weighted by molar-refractivity contribution is -0.0361. The van der Waals surface area contributed by atoms with Gasteiger partial charge in [0.1, 0.15) is 12.3 Å². The van der Waals surface area contributed by atoms with Gasteiger partial charge in [0.15, 0.2) is 0 Å². The van der Waals surface area contributed by atoms with Gasteiger partial charge in [-0.05, 0) is 48.5 Å². The summed E-state index contributed by atoms with van der Waals surface area (Å²) in [5.74, 6) is -3.22. The molecule has 2 aliphatic rings. The second-order valence-electron chi connectivity index (χ2n) is 9.93. The van der Waals surface area contributed by atoms with E-state index in [4.69, 9.17) is 0 Å². The molecular formula is C33H24N4O6. The number of fused-ring (bicyclic) bond motifs is 2. The van der Waals surface area contributed by atoms with Crippen molar-refractivity contribution in [1.29, 1.82) is 0 Å². The number of benzene rings is 4. The van der Waals surface area contributed by atoms with Crippen LogP contribution >= 0.6 is 0 Å². The molecule has 2 saturated heterocycles. The standard InChI is InChI=1S/C33H24N4O6/c38-28(22-13-5-1-6-14-22)34-26-21-27(36(32(34)42)30(40)24-17-9-3-10-18-24)37(31(41)25-19-11-4-12-20-25)33(43)35(26)29(39)23-15-7-2-8-16-23/h1-20,26-27H,21H2. The summed E-state index contributed by atoms with van der Waals surface area (Å²) in [4.78, 5) is 87.3. The maximum atomic E-state index is 14.3. The summed E-state index contributed by atoms with van der Waals surface area (Å²) in [6.45, 7) is 0. The summed E-state index contributed by atoms with van der Waals surface area (Å²) >= 11 is 0. The Morgan fingerprint density at radius 3 is 0.814 bits per heavy atom. The molecular weight excluding hydrogens is 548 g/mol. The zero-order chi connectivity index (χ0) is 30.1. The van der Waals surface area contributed by atoms with Crippen LogP contribution in [0, 0.1) is 0 Å². The molecule has 0 saturated carbocycles. The Kier molecular flexibility index (Phi) is 7.09. The molecule has 6 rings (SSSR count). The first-order valence-electron chi connectivity index (χ1n) is 13.5. The van der Waals surface area contributed by atoms with E-state index in [1.165, 1.54) is 48.5 Å². The monoisotopic (exact) mass is 572 g/mol. The number of rotatable bonds is 4. The summed E-state index contributed by atoms with van der Waals surface area (Å²) in [6.07, 6.45) is -3.10. The lowest BCUT2D eigenvalue weighted by Crippen LogP contribution is -2.77. The van der Waals surface area contributed by atoms with E-state index >= 15 is 0 Å². The number of amides is 8. The van der Waals surface area contributed by atoms with Crippen LogP contribution in [0.2, 0.25) is 0 Å². The molecule has 2 aliphatic heterocycles. The molecule has 212 valence electrons. The Labute approximate surface area is 246 Å². The van der Waals surface area contributed by atoms with Crippen LogP contribution in [0.25, 0.3) is 0 Å². The predicted molar refractivity (Wildman–Crippen MR) is 153 cm³/mol. The third-order valence-electron chi connectivity index (χ3n) is 7.40. The Morgan fingerprint density at radius 1 is 0.395 bits per heavy atom. The number of hydrogen-bond acceptors (Lipinski definition) is 6. The molecule has 10 nitrogen and oxygen atoms in total. The summed E-state index contributed by atoms with van der Waals surface area (Å²) in [5, 5.41) is 0. The van der Waals surface area contributed by atoms with Gasteiger partial charge in [-0.25, -0.2) is 29.2 Å². The van der Waals surface area contributed by atoms with Crippen LogP contribution in [-0.2, 0) is 0 Å². The molecule has 0 radical (unpaired) electrons. The van der Waals surface area contributed by atoms with E-state index < -0.39 is 48.0 Å². The fourth-order valence-corrected chi connectivity index (χ4v) is 5.35. The van der Waals surface area contributed by atoms with Crippen LogP contribution in [0.15, 0.2) is 121 Å². The molecule has 2 heterocycles. The van der Waals surface area contributed by atoms with Gasteiger partial charge in [0.05, 0.1) is 0 Å². The van der Waals surface area contributed by atoms with Gasteiger partial charge in [0.25, 0.3) is 23.6 Å². The second-order valence-corrected chi connectivity index (χ2v) is 9.93. The van der Waals surface area contributed by atoms with Crippen LogP contribution in [0.4, 0.5) is 9.59 Å². The molecule has 0 aromatic heterocycles. The molecule has 43 heavy (non-hydrogen) atoms. The van der Waals surface area contributed by atoms with Crippen molar-refractivity contribution in [2.45, 2.75) is 18.8 Å². The van der Waals surface area contributed by atoms with Crippen molar-refractivity contribution < 1.29 is 28.8 Å². The molecule has 0 atom stereocenters. The van der Waals surface area contributed by atoms with Crippen molar-refractivity contribution in [2.24, 2.45) is 0 Å². The minimum absolute atomic E-state index is 0.115. The molecule has 8 amide bonds. The molecule has 0 N–H and O–H groups in total. The molecule has 0 unspecified atom stereocenters. The minimum Gasteiger partial charge on any atom is -0.268 e. The van der Waals surface area contributed by atoms with Crippen molar-refractivity contribution in [2.75, 3.05) is 0 Å². The van der Waals surface area contributed by atoms with Crippen LogP contribution in [0.1, 0.15) is 47.9 Å². The van der Waals surface area contributed by atoms with E-state index in [-0.39, 0.29) is 28.7 Å². The van der Waals surface area contributed by atoms with Gasteiger partial charge in [-0.15, -0.1) is 0 Å². The molecule has 10 heteroatoms. The van der Waals surface area contributed by atoms with Crippen LogP contribution in [0.3, 0.4) is 0 Å². The van der Waals surface area contributed by atoms with E-state index in [9.17, 15) is 28.8 Å². The second kappa shape index (κ2) is 11.2. The first-order chi connectivity index (χ1) is 20.9. The highest BCUT2D eigenvalue weighted by Crippen LogP contribution is 2.36. The van der Waals surface area contributed by atoms with Crippen molar-refractivity contribution in [3.05, 3.63) is 144 Å². The maximum absolute atomic E-state index is 14.3. The Hall–Kier alpha value is -5.90. The van der Waals surface area contributed by atoms with Crippen molar-refractivity contribution in [1.82, 2.24) is 19.6 Å². The van der Waals surface area contributed by atoms with E-state index in [1.54, 1.807) is 72.8 Å². The van der Waals surface area contributed by atoms with E-state index in [2.05, 4.69) is 0 Å². The highest BCUT2D eigenvalue weighted by atomic mass is 16.2. The predicted octanol–water partition coefficient (Wildman–Crippen LogP) is 4.87. The van der Waals surface area contributed by atoms with E-state index in [0.29, 0.717) is 0 Å². The number of imide groups is 4. The summed E-state index contributed by atoms with van der Waals surface area (Å²) in [7, 11) is 0. The van der Waals surface area contributed by atoms with Gasteiger partial charge in [0, 0.05) is 28.7 Å². The molecule has 4 aromatic carbocycles. The minimum atomic E-state index is -1.41. The van der Waals surface area contributed by atoms with E-state index in [1.807, 2.05) is 0 Å². The smallest absolute Gasteiger partial charge is 0.268 e. The summed E-state index contributed by atoms with van der Waals surface area (Å²) in [6, 6.07) is 29.4. The van der Waals surface area contributed by atoms with Crippen LogP contribution in [0.5, 0.6) is 0 Å². The summed E-state index contributed by atoms with van der Waals surface area (Å²) < 4.78 is 0. The zero-order valence-corrected chi connectivity index (χ0v) is 22.6. The molecule has 4 aromatic rings. The van der Waals surface area contributed by atoms with Gasteiger partial charge in [-0.1, -0.05) is 72.8 Å². The lowest BCUT2D eigenvalue weighted by atomic mass is 10.0. The van der Waals surface area contributed by atoms with Gasteiger partial charge in [0.2, 0.25) is 0 Å². The average molecular weight is 573 g/mol. The number of hydrogen-bond donors (Lipinski definition) is 0. The largest absolute Gasteiger partial charge is 0.337 e. The van der Waals surface area contributed by atoms with E-state index in [0.717, 1.165) is 19.6 Å². The number of nitrogens with zero attached hydrogens (tertiary/aromatic N) is 4. The molecule has 0 aliphatic carbocycles. The highest BCUT2D eigenvalue weighted by molar-refractivity contribution is 6.17. The third kappa shape index (κ3) is 4.74. The third-order valence-corrected chi connectivity index (χ3v) is 7.40. The van der Waals surface area contributed by atoms with Crippen molar-refractivity contribution in [3.8, 4) is 0 Å². The highest BCUT2D eigenvalue weighted by Gasteiger charge is 2.58. The number of urea groups is 2. The van der Waals surface area contributed by atoms with Crippen LogP contribution < -0.4 is 0 Å². The fourth-order valence-electron chi connectivity index (χ4n) is 5.35. The van der Waals surface area contributed by atoms with Gasteiger partial charge < -0.3 is 0 Å². The normalized spacial score (nSPS) is 18.0. The first kappa shape index (κ1) is 27.3. The van der Waals surface area contributed by atoms with Crippen molar-refractivity contribution >= 4 is 35.7 Å². The molecule has 2 fully saturated rings. The van der Waals surface area contributed by atoms with Crippen molar-refractivity contribution in [3.63, 3.8) is 0 Å². The summed E-state index contributed by atoms with van der Waals surface area (Å²) in [5.41, 5.74) is 0.458. The lowest BCUT2D eigenvalue weighted by Gasteiger charge is -2.53. The average Bonchev–Trinajstić information content (AvgIpc) is 3.06. The zero-order valence-electron chi connectivity index (χ0n) is 22.6. The topological polar surface area (TPSA) is 115 Å². The van der Waals surface area contributed by atoms with Gasteiger partial charge in [-0.3, -0.25) is 19.2 Å². The van der Waals surface area contributed by atoms with Gasteiger partial charge >= 0.3 is 12.1 Å². The Morgan fingerprint density at radius 2 is 0.605 bits per heavy atom. The molecule has 2 bridgehead atoms. The number of carbonyl (C=O) groups is 6. The Balaban J connectivity index is 1.53. The number of carbonyl (C=O) groups excluding carboxylic acids is 6. The SMILES string of the molecule is O=C(c1ccccc1)N1C(=O)N(C(=O)c2ccccc2)C2CC1N(C(=O)c1ccccc1)C(=O)N2C(=O)c1ccccc1. The first-order valence-corrected chi connectivity index (χ1v) is 13.5. The van der Waals surface area contributed by atoms with Crippen LogP contribution in [-0.4, -0.2) is 67.6 Å².